The normalized spacial score (nSPS) is 15.8. The van der Waals surface area contributed by atoms with Crippen molar-refractivity contribution in [3.63, 3.8) is 0 Å². The molecule has 0 aliphatic carbocycles. The van der Waals surface area contributed by atoms with Crippen LogP contribution in [0.5, 0.6) is 5.75 Å². The first-order valence-electron chi connectivity index (χ1n) is 10.8. The number of aliphatic imine (C=N–C) groups is 1. The summed E-state index contributed by atoms with van der Waals surface area (Å²) in [5.74, 6) is 1.82. The van der Waals surface area contributed by atoms with Gasteiger partial charge >= 0.3 is 0 Å². The molecule has 1 atom stereocenters. The number of halogens is 2. The van der Waals surface area contributed by atoms with Crippen LogP contribution >= 0.6 is 24.0 Å². The summed E-state index contributed by atoms with van der Waals surface area (Å²) >= 11 is 0. The predicted octanol–water partition coefficient (Wildman–Crippen LogP) is 3.57. The lowest BCUT2D eigenvalue weighted by molar-refractivity contribution is -0.120. The number of ether oxygens (including phenoxy) is 1. The second-order valence-corrected chi connectivity index (χ2v) is 7.59. The Hall–Kier alpha value is -2.36. The average molecular weight is 554 g/mol. The molecule has 0 spiro atoms. The number of nitrogens with one attached hydrogen (secondary N) is 2. The molecule has 0 aromatic heterocycles. The van der Waals surface area contributed by atoms with Crippen LogP contribution in [0, 0.1) is 5.82 Å². The van der Waals surface area contributed by atoms with E-state index in [2.05, 4.69) is 39.6 Å². The highest BCUT2D eigenvalue weighted by Gasteiger charge is 2.26. The van der Waals surface area contributed by atoms with Crippen molar-refractivity contribution in [2.75, 3.05) is 39.8 Å². The Morgan fingerprint density at radius 3 is 2.53 bits per heavy atom. The molecule has 2 aromatic rings. The van der Waals surface area contributed by atoms with Gasteiger partial charge in [0.15, 0.2) is 5.96 Å². The molecule has 2 N–H and O–H groups in total. The molecule has 1 aliphatic heterocycles. The highest BCUT2D eigenvalue weighted by Crippen LogP contribution is 2.28. The van der Waals surface area contributed by atoms with Crippen LogP contribution in [0.25, 0.3) is 0 Å². The maximum atomic E-state index is 13.0. The number of carbonyl (C=O) groups excluding carboxylic acids is 1. The maximum absolute atomic E-state index is 13.0. The van der Waals surface area contributed by atoms with Crippen molar-refractivity contribution in [2.24, 2.45) is 4.99 Å². The number of likely N-dealkylation sites (tertiary alicyclic amines) is 1. The van der Waals surface area contributed by atoms with Crippen LogP contribution < -0.4 is 15.4 Å². The third kappa shape index (κ3) is 7.65. The largest absolute Gasteiger partial charge is 0.497 e. The minimum atomic E-state index is -0.300. The molecular weight excluding hydrogens is 522 g/mol. The molecule has 0 bridgehead atoms. The summed E-state index contributed by atoms with van der Waals surface area (Å²) in [5.41, 5.74) is 2.10. The quantitative estimate of drug-likeness (QED) is 0.227. The standard InChI is InChI=1S/C24H31FN4O2.HI/c1-3-26-24(28-14-13-27-23(30)16-18-4-8-21(25)9-5-18)29-15-12-20(17-29)19-6-10-22(31-2)11-7-19;/h4-11,20H,3,12-17H2,1-2H3,(H,26,28)(H,27,30);1H. The molecule has 1 unspecified atom stereocenters. The molecule has 0 radical (unpaired) electrons. The summed E-state index contributed by atoms with van der Waals surface area (Å²) in [5, 5.41) is 6.24. The first kappa shape index (κ1) is 25.9. The Bertz CT molecular complexity index is 875. The fraction of sp³-hybridized carbons (Fsp3) is 0.417. The number of amides is 1. The Labute approximate surface area is 206 Å². The van der Waals surface area contributed by atoms with Crippen LogP contribution in [0.3, 0.4) is 0 Å². The Morgan fingerprint density at radius 2 is 1.88 bits per heavy atom. The fourth-order valence-corrected chi connectivity index (χ4v) is 3.73. The Kier molecular flexibility index (Phi) is 10.7. The van der Waals surface area contributed by atoms with E-state index >= 15 is 0 Å². The summed E-state index contributed by atoms with van der Waals surface area (Å²) < 4.78 is 18.2. The van der Waals surface area contributed by atoms with E-state index in [1.54, 1.807) is 19.2 Å². The Balaban J connectivity index is 0.00000363. The third-order valence-corrected chi connectivity index (χ3v) is 5.38. The molecule has 32 heavy (non-hydrogen) atoms. The number of guanidine groups is 1. The molecule has 8 heteroatoms. The summed E-state index contributed by atoms with van der Waals surface area (Å²) in [6.07, 6.45) is 1.31. The van der Waals surface area contributed by atoms with Crippen molar-refractivity contribution in [3.8, 4) is 5.75 Å². The summed E-state index contributed by atoms with van der Waals surface area (Å²) in [6.45, 7) is 5.66. The number of benzene rings is 2. The third-order valence-electron chi connectivity index (χ3n) is 5.38. The van der Waals surface area contributed by atoms with Gasteiger partial charge in [0.1, 0.15) is 11.6 Å². The monoisotopic (exact) mass is 554 g/mol. The second-order valence-electron chi connectivity index (χ2n) is 7.59. The minimum absolute atomic E-state index is 0. The van der Waals surface area contributed by atoms with Crippen molar-refractivity contribution in [2.45, 2.75) is 25.7 Å². The SMILES string of the molecule is CCNC(=NCCNC(=O)Cc1ccc(F)cc1)N1CCC(c2ccc(OC)cc2)C1.I. The van der Waals surface area contributed by atoms with Crippen molar-refractivity contribution in [3.05, 3.63) is 65.5 Å². The number of hydrogen-bond donors (Lipinski definition) is 2. The van der Waals surface area contributed by atoms with Gasteiger partial charge in [-0.2, -0.15) is 0 Å². The van der Waals surface area contributed by atoms with Gasteiger partial charge in [-0.25, -0.2) is 4.39 Å². The maximum Gasteiger partial charge on any atom is 0.224 e. The van der Waals surface area contributed by atoms with Crippen molar-refractivity contribution < 1.29 is 13.9 Å². The van der Waals surface area contributed by atoms with E-state index in [1.807, 2.05) is 12.1 Å². The van der Waals surface area contributed by atoms with Gasteiger partial charge in [0.25, 0.3) is 0 Å². The van der Waals surface area contributed by atoms with E-state index < -0.39 is 0 Å². The van der Waals surface area contributed by atoms with Gasteiger partial charge in [0.2, 0.25) is 5.91 Å². The lowest BCUT2D eigenvalue weighted by Crippen LogP contribution is -2.40. The first-order chi connectivity index (χ1) is 15.1. The summed E-state index contributed by atoms with van der Waals surface area (Å²) in [7, 11) is 1.68. The van der Waals surface area contributed by atoms with Crippen molar-refractivity contribution >= 4 is 35.8 Å². The van der Waals surface area contributed by atoms with Gasteiger partial charge in [0, 0.05) is 32.1 Å². The lowest BCUT2D eigenvalue weighted by atomic mass is 9.98. The van der Waals surface area contributed by atoms with Crippen LogP contribution in [-0.4, -0.2) is 56.6 Å². The number of methoxy groups -OCH3 is 1. The molecule has 1 fully saturated rings. The number of rotatable bonds is 8. The van der Waals surface area contributed by atoms with Gasteiger partial charge in [-0.15, -0.1) is 24.0 Å². The van der Waals surface area contributed by atoms with Gasteiger partial charge in [-0.05, 0) is 48.7 Å². The molecule has 1 amide bonds. The highest BCUT2D eigenvalue weighted by molar-refractivity contribution is 14.0. The predicted molar refractivity (Wildman–Crippen MR) is 136 cm³/mol. The number of carbonyl (C=O) groups is 1. The van der Waals surface area contributed by atoms with Gasteiger partial charge in [-0.1, -0.05) is 24.3 Å². The van der Waals surface area contributed by atoms with Crippen molar-refractivity contribution in [1.29, 1.82) is 0 Å². The number of nitrogens with zero attached hydrogens (tertiary/aromatic N) is 2. The molecule has 0 saturated carbocycles. The molecule has 2 aromatic carbocycles. The van der Waals surface area contributed by atoms with E-state index in [-0.39, 0.29) is 42.1 Å². The zero-order valence-corrected chi connectivity index (χ0v) is 21.0. The molecule has 1 aliphatic rings. The molecule has 1 saturated heterocycles. The highest BCUT2D eigenvalue weighted by atomic mass is 127. The average Bonchev–Trinajstić information content (AvgIpc) is 3.28. The van der Waals surface area contributed by atoms with Gasteiger partial charge in [0.05, 0.1) is 20.1 Å². The van der Waals surface area contributed by atoms with E-state index in [4.69, 9.17) is 4.74 Å². The molecule has 174 valence electrons. The lowest BCUT2D eigenvalue weighted by Gasteiger charge is -2.22. The van der Waals surface area contributed by atoms with Crippen LogP contribution in [0.2, 0.25) is 0 Å². The molecular formula is C24H32FIN4O2. The minimum Gasteiger partial charge on any atom is -0.497 e. The van der Waals surface area contributed by atoms with E-state index in [0.29, 0.717) is 19.0 Å². The first-order valence-corrected chi connectivity index (χ1v) is 10.8. The second kappa shape index (κ2) is 13.2. The van der Waals surface area contributed by atoms with Gasteiger partial charge < -0.3 is 20.3 Å². The zero-order valence-electron chi connectivity index (χ0n) is 18.6. The topological polar surface area (TPSA) is 66.0 Å². The Morgan fingerprint density at radius 1 is 1.16 bits per heavy atom. The fourth-order valence-electron chi connectivity index (χ4n) is 3.73. The van der Waals surface area contributed by atoms with Gasteiger partial charge in [-0.3, -0.25) is 9.79 Å². The van der Waals surface area contributed by atoms with Crippen LogP contribution in [0.1, 0.15) is 30.4 Å². The van der Waals surface area contributed by atoms with Crippen molar-refractivity contribution in [1.82, 2.24) is 15.5 Å². The summed E-state index contributed by atoms with van der Waals surface area (Å²) in [4.78, 5) is 19.0. The zero-order chi connectivity index (χ0) is 22.1. The molecule has 6 nitrogen and oxygen atoms in total. The molecule has 3 rings (SSSR count). The van der Waals surface area contributed by atoms with E-state index in [0.717, 1.165) is 43.3 Å². The van der Waals surface area contributed by atoms with Crippen LogP contribution in [-0.2, 0) is 11.2 Å². The van der Waals surface area contributed by atoms with E-state index in [9.17, 15) is 9.18 Å². The van der Waals surface area contributed by atoms with E-state index in [1.165, 1.54) is 17.7 Å². The molecule has 1 heterocycles. The number of hydrogen-bond acceptors (Lipinski definition) is 3. The summed E-state index contributed by atoms with van der Waals surface area (Å²) in [6, 6.07) is 14.3. The van der Waals surface area contributed by atoms with Crippen LogP contribution in [0.15, 0.2) is 53.5 Å². The van der Waals surface area contributed by atoms with Crippen LogP contribution in [0.4, 0.5) is 4.39 Å². The smallest absolute Gasteiger partial charge is 0.224 e.